The van der Waals surface area contributed by atoms with Gasteiger partial charge in [-0.15, -0.1) is 0 Å². The van der Waals surface area contributed by atoms with Gasteiger partial charge in [0.25, 0.3) is 0 Å². The van der Waals surface area contributed by atoms with Crippen LogP contribution in [0.3, 0.4) is 0 Å². The highest BCUT2D eigenvalue weighted by Crippen LogP contribution is 2.56. The van der Waals surface area contributed by atoms with E-state index < -0.39 is 6.61 Å². The molecule has 4 aliphatic rings. The summed E-state index contributed by atoms with van der Waals surface area (Å²) in [6.45, 7) is -2.30. The monoisotopic (exact) mass is 349 g/mol. The Morgan fingerprint density at radius 2 is 1.64 bits per heavy atom. The highest BCUT2D eigenvalue weighted by atomic mass is 19.3. The first-order chi connectivity index (χ1) is 12.0. The predicted molar refractivity (Wildman–Crippen MR) is 90.1 cm³/mol. The van der Waals surface area contributed by atoms with Crippen LogP contribution < -0.4 is 4.74 Å². The Kier molecular flexibility index (Phi) is 4.42. The lowest BCUT2D eigenvalue weighted by Gasteiger charge is -2.54. The van der Waals surface area contributed by atoms with Gasteiger partial charge in [0.15, 0.2) is 0 Å². The number of carbonyl (C=O) groups excluding carboxylic acids is 1. The van der Waals surface area contributed by atoms with Crippen LogP contribution in [0.5, 0.6) is 5.75 Å². The van der Waals surface area contributed by atoms with Crippen molar-refractivity contribution in [2.45, 2.75) is 45.3 Å². The molecule has 136 valence electrons. The molecule has 1 aromatic rings. The van der Waals surface area contributed by atoms with E-state index >= 15 is 0 Å². The molecule has 0 unspecified atom stereocenters. The highest BCUT2D eigenvalue weighted by molar-refractivity contribution is 5.79. The molecule has 1 amide bonds. The molecule has 0 aliphatic heterocycles. The predicted octanol–water partition coefficient (Wildman–Crippen LogP) is 4.32. The SMILES string of the molecule is CN(Cc1ccc(OC(F)F)cc1)C(=O)C1C2CC3CC(C2)CC1C3. The van der Waals surface area contributed by atoms with Gasteiger partial charge in [-0.1, -0.05) is 12.1 Å². The first-order valence-corrected chi connectivity index (χ1v) is 9.28. The summed E-state index contributed by atoms with van der Waals surface area (Å²) in [5.41, 5.74) is 0.932. The molecule has 4 bridgehead atoms. The number of halogens is 2. The van der Waals surface area contributed by atoms with Gasteiger partial charge < -0.3 is 9.64 Å². The van der Waals surface area contributed by atoms with Crippen molar-refractivity contribution in [2.24, 2.45) is 29.6 Å². The molecule has 0 N–H and O–H groups in total. The van der Waals surface area contributed by atoms with Gasteiger partial charge in [0.1, 0.15) is 5.75 Å². The molecular weight excluding hydrogens is 324 g/mol. The molecular formula is C20H25F2NO2. The summed E-state index contributed by atoms with van der Waals surface area (Å²) in [5, 5.41) is 0. The summed E-state index contributed by atoms with van der Waals surface area (Å²) in [6.07, 6.45) is 6.32. The molecule has 4 saturated carbocycles. The molecule has 25 heavy (non-hydrogen) atoms. The Labute approximate surface area is 147 Å². The lowest BCUT2D eigenvalue weighted by atomic mass is 9.51. The van der Waals surface area contributed by atoms with Crippen molar-refractivity contribution in [2.75, 3.05) is 7.05 Å². The van der Waals surface area contributed by atoms with Crippen molar-refractivity contribution in [1.29, 1.82) is 0 Å². The van der Waals surface area contributed by atoms with Crippen LogP contribution in [0.15, 0.2) is 24.3 Å². The van der Waals surface area contributed by atoms with Crippen molar-refractivity contribution >= 4 is 5.91 Å². The van der Waals surface area contributed by atoms with Gasteiger partial charge in [0.2, 0.25) is 5.91 Å². The fourth-order valence-electron chi connectivity index (χ4n) is 5.71. The summed E-state index contributed by atoms with van der Waals surface area (Å²) in [7, 11) is 1.86. The van der Waals surface area contributed by atoms with Crippen molar-refractivity contribution in [3.63, 3.8) is 0 Å². The van der Waals surface area contributed by atoms with Gasteiger partial charge in [0.05, 0.1) is 0 Å². The highest BCUT2D eigenvalue weighted by Gasteiger charge is 2.51. The van der Waals surface area contributed by atoms with Gasteiger partial charge in [-0.25, -0.2) is 0 Å². The third kappa shape index (κ3) is 3.38. The van der Waals surface area contributed by atoms with Crippen molar-refractivity contribution < 1.29 is 18.3 Å². The van der Waals surface area contributed by atoms with Crippen molar-refractivity contribution in [1.82, 2.24) is 4.90 Å². The van der Waals surface area contributed by atoms with Crippen molar-refractivity contribution in [3.8, 4) is 5.75 Å². The molecule has 4 fully saturated rings. The van der Waals surface area contributed by atoms with Gasteiger partial charge in [-0.3, -0.25) is 4.79 Å². The number of rotatable bonds is 5. The minimum absolute atomic E-state index is 0.147. The second kappa shape index (κ2) is 6.58. The third-order valence-corrected chi connectivity index (χ3v) is 6.46. The molecule has 0 aromatic heterocycles. The van der Waals surface area contributed by atoms with Gasteiger partial charge >= 0.3 is 6.61 Å². The zero-order valence-corrected chi connectivity index (χ0v) is 14.5. The van der Waals surface area contributed by atoms with Crippen molar-refractivity contribution in [3.05, 3.63) is 29.8 Å². The van der Waals surface area contributed by atoms with E-state index in [0.29, 0.717) is 18.4 Å². The zero-order valence-electron chi connectivity index (χ0n) is 14.5. The average molecular weight is 349 g/mol. The van der Waals surface area contributed by atoms with E-state index in [-0.39, 0.29) is 17.6 Å². The molecule has 1 aromatic carbocycles. The van der Waals surface area contributed by atoms with E-state index in [2.05, 4.69) is 4.74 Å². The lowest BCUT2D eigenvalue weighted by molar-refractivity contribution is -0.148. The Balaban J connectivity index is 1.39. The van der Waals surface area contributed by atoms with E-state index in [1.807, 2.05) is 11.9 Å². The molecule has 0 saturated heterocycles. The summed E-state index contributed by atoms with van der Waals surface area (Å²) in [5.74, 6) is 3.48. The molecule has 3 nitrogen and oxygen atoms in total. The molecule has 0 atom stereocenters. The normalized spacial score (nSPS) is 32.9. The largest absolute Gasteiger partial charge is 0.435 e. The first-order valence-electron chi connectivity index (χ1n) is 9.28. The number of ether oxygens (including phenoxy) is 1. The summed E-state index contributed by atoms with van der Waals surface area (Å²) >= 11 is 0. The van der Waals surface area contributed by atoms with Crippen LogP contribution in [0.2, 0.25) is 0 Å². The zero-order chi connectivity index (χ0) is 17.6. The minimum Gasteiger partial charge on any atom is -0.435 e. The number of nitrogens with zero attached hydrogens (tertiary/aromatic N) is 1. The number of hydrogen-bond donors (Lipinski definition) is 0. The second-order valence-electron chi connectivity index (χ2n) is 8.17. The Morgan fingerprint density at radius 1 is 1.08 bits per heavy atom. The molecule has 4 aliphatic carbocycles. The number of hydrogen-bond acceptors (Lipinski definition) is 2. The third-order valence-electron chi connectivity index (χ3n) is 6.46. The Hall–Kier alpha value is -1.65. The minimum atomic E-state index is -2.81. The number of alkyl halides is 2. The maximum absolute atomic E-state index is 13.1. The van der Waals surface area contributed by atoms with Crippen LogP contribution in [-0.4, -0.2) is 24.5 Å². The first kappa shape index (κ1) is 16.8. The smallest absolute Gasteiger partial charge is 0.387 e. The van der Waals surface area contributed by atoms with Crippen LogP contribution in [0.25, 0.3) is 0 Å². The van der Waals surface area contributed by atoms with E-state index in [1.165, 1.54) is 44.2 Å². The summed E-state index contributed by atoms with van der Waals surface area (Å²) in [4.78, 5) is 14.9. The number of carbonyl (C=O) groups is 1. The van der Waals surface area contributed by atoms with Gasteiger partial charge in [0, 0.05) is 19.5 Å². The van der Waals surface area contributed by atoms with Crippen LogP contribution in [-0.2, 0) is 11.3 Å². The fourth-order valence-corrected chi connectivity index (χ4v) is 5.71. The van der Waals surface area contributed by atoms with Gasteiger partial charge in [-0.05, 0) is 73.5 Å². The molecule has 0 spiro atoms. The standard InChI is InChI=1S/C20H25F2NO2/c1-23(11-12-2-4-17(5-3-12)25-20(21)22)19(24)18-15-7-13-6-14(9-15)10-16(18)8-13/h2-5,13-16,18,20H,6-11H2,1H3. The van der Waals surface area contributed by atoms with E-state index in [9.17, 15) is 13.6 Å². The maximum Gasteiger partial charge on any atom is 0.387 e. The van der Waals surface area contributed by atoms with Gasteiger partial charge in [-0.2, -0.15) is 8.78 Å². The molecule has 0 heterocycles. The average Bonchev–Trinajstić information content (AvgIpc) is 2.55. The van der Waals surface area contributed by atoms with E-state index in [4.69, 9.17) is 0 Å². The topological polar surface area (TPSA) is 29.5 Å². The molecule has 5 rings (SSSR count). The summed E-state index contributed by atoms with van der Waals surface area (Å²) in [6, 6.07) is 6.56. The number of benzene rings is 1. The second-order valence-corrected chi connectivity index (χ2v) is 8.17. The molecule has 5 heteroatoms. The lowest BCUT2D eigenvalue weighted by Crippen LogP contribution is -2.51. The van der Waals surface area contributed by atoms with E-state index in [0.717, 1.165) is 17.4 Å². The maximum atomic E-state index is 13.1. The number of amides is 1. The van der Waals surface area contributed by atoms with Crippen LogP contribution in [0.1, 0.15) is 37.7 Å². The van der Waals surface area contributed by atoms with Crippen LogP contribution >= 0.6 is 0 Å². The fraction of sp³-hybridized carbons (Fsp3) is 0.650. The van der Waals surface area contributed by atoms with Crippen LogP contribution in [0, 0.1) is 29.6 Å². The van der Waals surface area contributed by atoms with Crippen LogP contribution in [0.4, 0.5) is 8.78 Å². The van der Waals surface area contributed by atoms with E-state index in [1.54, 1.807) is 12.1 Å². The quantitative estimate of drug-likeness (QED) is 0.792. The molecule has 0 radical (unpaired) electrons. The summed E-state index contributed by atoms with van der Waals surface area (Å²) < 4.78 is 28.8. The Bertz CT molecular complexity index is 603. The Morgan fingerprint density at radius 3 is 2.16 bits per heavy atom.